The monoisotopic (exact) mass is 262 g/mol. The minimum atomic E-state index is -1.67. The zero-order chi connectivity index (χ0) is 7.78. The van der Waals surface area contributed by atoms with Crippen LogP contribution in [0.15, 0.2) is 11.4 Å². The summed E-state index contributed by atoms with van der Waals surface area (Å²) in [5.74, 6) is 0. The van der Waals surface area contributed by atoms with E-state index in [2.05, 4.69) is 33.2 Å². The van der Waals surface area contributed by atoms with E-state index in [1.165, 1.54) is 5.56 Å². The average Bonchev–Trinajstić information content (AvgIpc) is 2.11. The van der Waals surface area contributed by atoms with Gasteiger partial charge in [-0.2, -0.15) is 0 Å². The Morgan fingerprint density at radius 2 is 1.90 bits per heavy atom. The van der Waals surface area contributed by atoms with Crippen molar-refractivity contribution in [2.45, 2.75) is 21.7 Å². The topological polar surface area (TPSA) is 0 Å². The summed E-state index contributed by atoms with van der Waals surface area (Å²) in [6.07, 6.45) is 0. The Kier molecular flexibility index (Phi) is 2.45. The molecule has 1 aromatic heterocycles. The van der Waals surface area contributed by atoms with Crippen LogP contribution in [0.2, 0.25) is 14.8 Å². The Morgan fingerprint density at radius 1 is 1.30 bits per heavy atom. The maximum atomic E-state index is 2.46. The summed E-state index contributed by atoms with van der Waals surface area (Å²) in [7, 11) is 0. The van der Waals surface area contributed by atoms with Gasteiger partial charge in [-0.1, -0.05) is 0 Å². The standard InChI is InChI=1S/C5H5S.3CH3.Sn/c1-5-2-3-6-4-5;;;;/h2,4H,1H3;3*1H3;. The molecule has 0 radical (unpaired) electrons. The summed E-state index contributed by atoms with van der Waals surface area (Å²) in [4.78, 5) is 7.37. The van der Waals surface area contributed by atoms with Gasteiger partial charge < -0.3 is 0 Å². The van der Waals surface area contributed by atoms with Crippen LogP contribution in [-0.4, -0.2) is 18.4 Å². The number of hydrogen-bond donors (Lipinski definition) is 0. The van der Waals surface area contributed by atoms with Crippen LogP contribution < -0.4 is 2.89 Å². The van der Waals surface area contributed by atoms with E-state index in [-0.39, 0.29) is 0 Å². The zero-order valence-electron chi connectivity index (χ0n) is 7.06. The molecule has 1 heterocycles. The van der Waals surface area contributed by atoms with Gasteiger partial charge in [0.05, 0.1) is 0 Å². The molecule has 0 nitrogen and oxygen atoms in total. The molecule has 0 bridgehead atoms. The number of hydrogen-bond acceptors (Lipinski definition) is 1. The second-order valence-electron chi connectivity index (χ2n) is 3.74. The molecule has 0 atom stereocenters. The van der Waals surface area contributed by atoms with E-state index in [0.29, 0.717) is 0 Å². The molecule has 0 spiro atoms. The van der Waals surface area contributed by atoms with Crippen LogP contribution in [0.5, 0.6) is 0 Å². The molecular weight excluding hydrogens is 247 g/mol. The Bertz CT molecular complexity index is 219. The molecule has 1 rings (SSSR count). The van der Waals surface area contributed by atoms with Crippen LogP contribution >= 0.6 is 11.3 Å². The summed E-state index contributed by atoms with van der Waals surface area (Å²) in [6, 6.07) is 2.36. The van der Waals surface area contributed by atoms with E-state index < -0.39 is 18.4 Å². The van der Waals surface area contributed by atoms with E-state index in [9.17, 15) is 0 Å². The van der Waals surface area contributed by atoms with Crippen LogP contribution in [-0.2, 0) is 0 Å². The van der Waals surface area contributed by atoms with Crippen LogP contribution in [0.25, 0.3) is 0 Å². The molecule has 0 aliphatic heterocycles. The zero-order valence-corrected chi connectivity index (χ0v) is 10.7. The molecule has 0 N–H and O–H groups in total. The van der Waals surface area contributed by atoms with E-state index in [0.717, 1.165) is 0 Å². The Balaban J connectivity index is 2.96. The molecule has 0 fully saturated rings. The SMILES string of the molecule is Cc1cs[c]([Sn]([CH3])([CH3])[CH3])c1. The van der Waals surface area contributed by atoms with Crippen molar-refractivity contribution in [1.82, 2.24) is 0 Å². The number of thiophene rings is 1. The van der Waals surface area contributed by atoms with Gasteiger partial charge in [0.1, 0.15) is 0 Å². The second kappa shape index (κ2) is 2.86. The molecule has 56 valence electrons. The summed E-state index contributed by atoms with van der Waals surface area (Å²) in [6.45, 7) is 2.18. The molecule has 0 saturated carbocycles. The maximum absolute atomic E-state index is 2.46. The van der Waals surface area contributed by atoms with Crippen LogP contribution in [0.4, 0.5) is 0 Å². The van der Waals surface area contributed by atoms with Gasteiger partial charge in [-0.3, -0.25) is 0 Å². The first-order valence-corrected chi connectivity index (χ1v) is 14.4. The van der Waals surface area contributed by atoms with Gasteiger partial charge in [0.25, 0.3) is 0 Å². The first-order chi connectivity index (χ1) is 4.50. The second-order valence-corrected chi connectivity index (χ2v) is 20.1. The molecule has 10 heavy (non-hydrogen) atoms. The third-order valence-electron chi connectivity index (χ3n) is 1.47. The molecule has 2 heteroatoms. The third-order valence-corrected chi connectivity index (χ3v) is 12.1. The summed E-state index contributed by atoms with van der Waals surface area (Å²) in [5, 5.41) is 2.26. The van der Waals surface area contributed by atoms with Gasteiger partial charge in [-0.15, -0.1) is 0 Å². The molecule has 0 aliphatic rings. The van der Waals surface area contributed by atoms with Gasteiger partial charge in [0.15, 0.2) is 0 Å². The number of rotatable bonds is 1. The molecular formula is C8H14SSn. The van der Waals surface area contributed by atoms with Crippen LogP contribution in [0, 0.1) is 6.92 Å². The van der Waals surface area contributed by atoms with E-state index >= 15 is 0 Å². The van der Waals surface area contributed by atoms with Gasteiger partial charge in [-0.25, -0.2) is 0 Å². The molecule has 0 saturated heterocycles. The fourth-order valence-electron chi connectivity index (χ4n) is 0.825. The van der Waals surface area contributed by atoms with Crippen molar-refractivity contribution in [2.24, 2.45) is 0 Å². The fourth-order valence-corrected chi connectivity index (χ4v) is 7.23. The van der Waals surface area contributed by atoms with Crippen molar-refractivity contribution in [3.63, 3.8) is 0 Å². The van der Waals surface area contributed by atoms with Gasteiger partial charge in [-0.05, 0) is 0 Å². The molecule has 0 aromatic carbocycles. The van der Waals surface area contributed by atoms with Gasteiger partial charge in [0, 0.05) is 0 Å². The third kappa shape index (κ3) is 1.99. The first-order valence-electron chi connectivity index (χ1n) is 3.56. The van der Waals surface area contributed by atoms with Gasteiger partial charge >= 0.3 is 71.4 Å². The molecule has 0 amide bonds. The van der Waals surface area contributed by atoms with E-state index in [1.807, 2.05) is 11.3 Å². The summed E-state index contributed by atoms with van der Waals surface area (Å²) >= 11 is 0.277. The summed E-state index contributed by atoms with van der Waals surface area (Å²) in [5.41, 5.74) is 1.44. The van der Waals surface area contributed by atoms with Crippen molar-refractivity contribution in [2.75, 3.05) is 0 Å². The predicted octanol–water partition coefficient (Wildman–Crippen LogP) is 2.60. The quantitative estimate of drug-likeness (QED) is 0.681. The minimum absolute atomic E-state index is 1.44. The first kappa shape index (κ1) is 8.59. The van der Waals surface area contributed by atoms with Crippen molar-refractivity contribution >= 4 is 32.6 Å². The van der Waals surface area contributed by atoms with Crippen molar-refractivity contribution < 1.29 is 0 Å². The molecule has 0 unspecified atom stereocenters. The van der Waals surface area contributed by atoms with E-state index in [4.69, 9.17) is 0 Å². The van der Waals surface area contributed by atoms with Crippen molar-refractivity contribution in [3.8, 4) is 0 Å². The van der Waals surface area contributed by atoms with Crippen molar-refractivity contribution in [3.05, 3.63) is 17.0 Å². The Hall–Kier alpha value is 0.499. The van der Waals surface area contributed by atoms with E-state index in [1.54, 1.807) is 2.89 Å². The Morgan fingerprint density at radius 3 is 2.10 bits per heavy atom. The molecule has 1 aromatic rings. The summed E-state index contributed by atoms with van der Waals surface area (Å²) < 4.78 is 1.69. The van der Waals surface area contributed by atoms with Crippen molar-refractivity contribution in [1.29, 1.82) is 0 Å². The fraction of sp³-hybridized carbons (Fsp3) is 0.500. The average molecular weight is 261 g/mol. The molecule has 0 aliphatic carbocycles. The van der Waals surface area contributed by atoms with Crippen LogP contribution in [0.1, 0.15) is 5.56 Å². The predicted molar refractivity (Wildman–Crippen MR) is 52.0 cm³/mol. The Labute approximate surface area is 71.1 Å². The number of aryl methyl sites for hydroxylation is 1. The van der Waals surface area contributed by atoms with Gasteiger partial charge in [0.2, 0.25) is 0 Å². The normalized spacial score (nSPS) is 12.0. The van der Waals surface area contributed by atoms with Crippen LogP contribution in [0.3, 0.4) is 0 Å².